The molecule has 3 aromatic rings. The number of thiazole rings is 1. The van der Waals surface area contributed by atoms with E-state index in [0.717, 1.165) is 29.7 Å². The Morgan fingerprint density at radius 1 is 1.06 bits per heavy atom. The van der Waals surface area contributed by atoms with Gasteiger partial charge in [-0.1, -0.05) is 12.1 Å². The monoisotopic (exact) mass is 483 g/mol. The second kappa shape index (κ2) is 9.58. The van der Waals surface area contributed by atoms with E-state index < -0.39 is 23.6 Å². The maximum Gasteiger partial charge on any atom is 0.433 e. The molecule has 0 unspecified atom stereocenters. The van der Waals surface area contributed by atoms with Crippen LogP contribution in [0.1, 0.15) is 29.7 Å². The summed E-state index contributed by atoms with van der Waals surface area (Å²) in [4.78, 5) is 4.08. The number of benzene rings is 1. The third-order valence-corrected chi connectivity index (χ3v) is 5.29. The highest BCUT2D eigenvalue weighted by Crippen LogP contribution is 2.36. The number of halogens is 7. The molecule has 0 radical (unpaired) electrons. The van der Waals surface area contributed by atoms with Gasteiger partial charge in [-0.05, 0) is 25.0 Å². The van der Waals surface area contributed by atoms with E-state index in [9.17, 15) is 26.3 Å². The lowest BCUT2D eigenvalue weighted by atomic mass is 10.1. The predicted octanol–water partition coefficient (Wildman–Crippen LogP) is 6.57. The molecule has 0 amide bonds. The van der Waals surface area contributed by atoms with Crippen LogP contribution < -0.4 is 0 Å². The SMILES string of the molecule is FC(F)(F)c1cccc(-c2csc(-n3ncc(COCCCCCl)c3C(F)(F)F)n2)c1. The van der Waals surface area contributed by atoms with E-state index in [1.54, 1.807) is 0 Å². The van der Waals surface area contributed by atoms with Crippen molar-refractivity contribution < 1.29 is 31.1 Å². The molecule has 0 atom stereocenters. The molecule has 4 nitrogen and oxygen atoms in total. The molecule has 12 heteroatoms. The third-order valence-electron chi connectivity index (χ3n) is 4.20. The van der Waals surface area contributed by atoms with Gasteiger partial charge in [0.05, 0.1) is 24.1 Å². The molecule has 0 saturated carbocycles. The predicted molar refractivity (Wildman–Crippen MR) is 104 cm³/mol. The van der Waals surface area contributed by atoms with Crippen molar-refractivity contribution in [2.75, 3.05) is 12.5 Å². The Morgan fingerprint density at radius 3 is 2.52 bits per heavy atom. The van der Waals surface area contributed by atoms with Gasteiger partial charge in [-0.15, -0.1) is 22.9 Å². The average molecular weight is 484 g/mol. The normalized spacial score (nSPS) is 12.5. The maximum atomic E-state index is 13.7. The number of hydrogen-bond donors (Lipinski definition) is 0. The molecule has 31 heavy (non-hydrogen) atoms. The Bertz CT molecular complexity index is 1010. The summed E-state index contributed by atoms with van der Waals surface area (Å²) in [7, 11) is 0. The molecule has 2 aromatic heterocycles. The molecule has 0 aliphatic rings. The van der Waals surface area contributed by atoms with Crippen molar-refractivity contribution in [1.29, 1.82) is 0 Å². The molecule has 0 aliphatic carbocycles. The van der Waals surface area contributed by atoms with Crippen molar-refractivity contribution >= 4 is 22.9 Å². The second-order valence-corrected chi connectivity index (χ2v) is 7.69. The molecule has 0 N–H and O–H groups in total. The second-order valence-electron chi connectivity index (χ2n) is 6.47. The summed E-state index contributed by atoms with van der Waals surface area (Å²) >= 11 is 6.39. The van der Waals surface area contributed by atoms with Crippen LogP contribution in [0.4, 0.5) is 26.3 Å². The first-order valence-electron chi connectivity index (χ1n) is 9.02. The van der Waals surface area contributed by atoms with E-state index in [1.807, 2.05) is 0 Å². The molecule has 1 aromatic carbocycles. The molecule has 0 saturated heterocycles. The number of alkyl halides is 7. The van der Waals surface area contributed by atoms with Crippen LogP contribution in [0.2, 0.25) is 0 Å². The van der Waals surface area contributed by atoms with Gasteiger partial charge in [-0.2, -0.15) is 31.4 Å². The fourth-order valence-electron chi connectivity index (χ4n) is 2.76. The Labute approximate surface area is 182 Å². The van der Waals surface area contributed by atoms with Crippen molar-refractivity contribution in [2.24, 2.45) is 0 Å². The number of nitrogens with zero attached hydrogens (tertiary/aromatic N) is 3. The van der Waals surface area contributed by atoms with Gasteiger partial charge in [0.25, 0.3) is 0 Å². The van der Waals surface area contributed by atoms with Crippen LogP contribution in [0.15, 0.2) is 35.8 Å². The lowest BCUT2D eigenvalue weighted by Gasteiger charge is -2.11. The lowest BCUT2D eigenvalue weighted by Crippen LogP contribution is -2.16. The first-order valence-corrected chi connectivity index (χ1v) is 10.4. The molecule has 2 heterocycles. The van der Waals surface area contributed by atoms with Crippen LogP contribution in [-0.4, -0.2) is 27.3 Å². The maximum absolute atomic E-state index is 13.7. The molecular weight excluding hydrogens is 468 g/mol. The zero-order valence-electron chi connectivity index (χ0n) is 15.8. The van der Waals surface area contributed by atoms with Crippen LogP contribution in [0, 0.1) is 0 Å². The largest absolute Gasteiger partial charge is 0.433 e. The smallest absolute Gasteiger partial charge is 0.377 e. The zero-order chi connectivity index (χ0) is 22.6. The van der Waals surface area contributed by atoms with Gasteiger partial charge in [-0.3, -0.25) is 0 Å². The van der Waals surface area contributed by atoms with E-state index in [0.29, 0.717) is 23.4 Å². The molecule has 0 spiro atoms. The summed E-state index contributed by atoms with van der Waals surface area (Å²) in [6.45, 7) is -0.0326. The molecule has 0 fully saturated rings. The fraction of sp³-hybridized carbons (Fsp3) is 0.368. The first kappa shape index (κ1) is 23.6. The van der Waals surface area contributed by atoms with Crippen molar-refractivity contribution in [1.82, 2.24) is 14.8 Å². The first-order chi connectivity index (χ1) is 14.6. The minimum atomic E-state index is -4.73. The van der Waals surface area contributed by atoms with E-state index in [1.165, 1.54) is 17.5 Å². The van der Waals surface area contributed by atoms with Gasteiger partial charge < -0.3 is 4.74 Å². The number of aromatic nitrogens is 3. The van der Waals surface area contributed by atoms with Gasteiger partial charge in [-0.25, -0.2) is 9.67 Å². The third kappa shape index (κ3) is 5.78. The highest BCUT2D eigenvalue weighted by molar-refractivity contribution is 7.12. The number of rotatable bonds is 8. The summed E-state index contributed by atoms with van der Waals surface area (Å²) in [5, 5.41) is 5.06. The fourth-order valence-corrected chi connectivity index (χ4v) is 3.75. The van der Waals surface area contributed by atoms with Gasteiger partial charge in [0.2, 0.25) is 5.13 Å². The van der Waals surface area contributed by atoms with Crippen LogP contribution in [0.25, 0.3) is 16.4 Å². The molecule has 0 bridgehead atoms. The van der Waals surface area contributed by atoms with Crippen LogP contribution in [0.5, 0.6) is 0 Å². The molecule has 168 valence electrons. The Balaban J connectivity index is 1.88. The molecule has 0 aliphatic heterocycles. The van der Waals surface area contributed by atoms with Crippen molar-refractivity contribution in [2.45, 2.75) is 31.8 Å². The summed E-state index contributed by atoms with van der Waals surface area (Å²) in [5.74, 6) is 0.438. The minimum absolute atomic E-state index is 0.117. The van der Waals surface area contributed by atoms with Gasteiger partial charge in [0.1, 0.15) is 0 Å². The highest BCUT2D eigenvalue weighted by Gasteiger charge is 2.39. The Morgan fingerprint density at radius 2 is 1.84 bits per heavy atom. The van der Waals surface area contributed by atoms with Gasteiger partial charge in [0.15, 0.2) is 5.69 Å². The quantitative estimate of drug-likeness (QED) is 0.207. The van der Waals surface area contributed by atoms with E-state index in [2.05, 4.69) is 10.1 Å². The number of ether oxygens (including phenoxy) is 1. The zero-order valence-corrected chi connectivity index (χ0v) is 17.4. The molecular formula is C19H16ClF6N3OS. The summed E-state index contributed by atoms with van der Waals surface area (Å²) in [5.41, 5.74) is -1.80. The van der Waals surface area contributed by atoms with Gasteiger partial charge >= 0.3 is 12.4 Å². The summed E-state index contributed by atoms with van der Waals surface area (Å²) in [6, 6.07) is 4.42. The van der Waals surface area contributed by atoms with Crippen LogP contribution in [-0.2, 0) is 23.7 Å². The van der Waals surface area contributed by atoms with E-state index in [4.69, 9.17) is 16.3 Å². The van der Waals surface area contributed by atoms with Gasteiger partial charge in [0, 0.05) is 29.0 Å². The number of hydrogen-bond acceptors (Lipinski definition) is 4. The van der Waals surface area contributed by atoms with Crippen LogP contribution in [0.3, 0.4) is 0 Å². The van der Waals surface area contributed by atoms with Crippen molar-refractivity contribution in [3.8, 4) is 16.4 Å². The number of unbranched alkanes of at least 4 members (excludes halogenated alkanes) is 1. The Kier molecular flexibility index (Phi) is 7.28. The van der Waals surface area contributed by atoms with E-state index in [-0.39, 0.29) is 35.2 Å². The summed E-state index contributed by atoms with van der Waals surface area (Å²) in [6.07, 6.45) is -6.92. The summed E-state index contributed by atoms with van der Waals surface area (Å²) < 4.78 is 85.8. The van der Waals surface area contributed by atoms with Crippen LogP contribution >= 0.6 is 22.9 Å². The van der Waals surface area contributed by atoms with E-state index >= 15 is 0 Å². The topological polar surface area (TPSA) is 39.9 Å². The lowest BCUT2D eigenvalue weighted by molar-refractivity contribution is -0.144. The minimum Gasteiger partial charge on any atom is -0.377 e. The van der Waals surface area contributed by atoms with Crippen molar-refractivity contribution in [3.63, 3.8) is 0 Å². The van der Waals surface area contributed by atoms with Crippen molar-refractivity contribution in [3.05, 3.63) is 52.7 Å². The molecule has 3 rings (SSSR count). The average Bonchev–Trinajstić information content (AvgIpc) is 3.34. The highest BCUT2D eigenvalue weighted by atomic mass is 35.5. The Hall–Kier alpha value is -2.11. The standard InChI is InChI=1S/C19H16ClF6N3OS/c20-6-1-2-7-30-10-13-9-27-29(16(13)19(24,25)26)17-28-15(11-31-17)12-4-3-5-14(8-12)18(21,22)23/h3-5,8-9,11H,1-2,6-7,10H2.